The van der Waals surface area contributed by atoms with Crippen molar-refractivity contribution in [3.8, 4) is 0 Å². The first-order valence-electron chi connectivity index (χ1n) is 6.76. The fraction of sp³-hybridized carbons (Fsp3) is 0.235. The Morgan fingerprint density at radius 3 is 2.43 bits per heavy atom. The molecule has 0 fully saturated rings. The Kier molecular flexibility index (Phi) is 5.32. The largest absolute Gasteiger partial charge is 0.325 e. The molecule has 1 atom stereocenters. The lowest BCUT2D eigenvalue weighted by Crippen LogP contribution is -2.22. The molecule has 0 saturated carbocycles. The Morgan fingerprint density at radius 2 is 1.81 bits per heavy atom. The summed E-state index contributed by atoms with van der Waals surface area (Å²) < 4.78 is 0. The summed E-state index contributed by atoms with van der Waals surface area (Å²) in [6, 6.07) is 13.5. The molecule has 21 heavy (non-hydrogen) atoms. The molecule has 2 aromatic rings. The zero-order valence-corrected chi connectivity index (χ0v) is 13.9. The fourth-order valence-electron chi connectivity index (χ4n) is 1.96. The van der Waals surface area contributed by atoms with Crippen molar-refractivity contribution in [1.82, 2.24) is 0 Å². The van der Waals surface area contributed by atoms with E-state index < -0.39 is 0 Å². The first-order valence-corrected chi connectivity index (χ1v) is 8.02. The summed E-state index contributed by atoms with van der Waals surface area (Å²) in [5, 5.41) is 3.51. The molecule has 0 aliphatic carbocycles. The second kappa shape index (κ2) is 7.01. The molecule has 0 heterocycles. The Bertz CT molecular complexity index is 640. The number of carbonyl (C=O) groups excluding carboxylic acids is 1. The minimum atomic E-state index is -0.174. The van der Waals surface area contributed by atoms with E-state index in [-0.39, 0.29) is 11.2 Å². The summed E-state index contributed by atoms with van der Waals surface area (Å²) in [6.45, 7) is 5.94. The number of hydrogen-bond donors (Lipinski definition) is 1. The van der Waals surface area contributed by atoms with E-state index in [4.69, 9.17) is 11.6 Å². The van der Waals surface area contributed by atoms with E-state index in [0.29, 0.717) is 5.02 Å². The average Bonchev–Trinajstić information content (AvgIpc) is 2.44. The normalized spacial score (nSPS) is 12.0. The first-order chi connectivity index (χ1) is 9.95. The molecule has 0 bridgehead atoms. The van der Waals surface area contributed by atoms with E-state index in [1.807, 2.05) is 57.2 Å². The molecule has 110 valence electrons. The van der Waals surface area contributed by atoms with Crippen LogP contribution in [0, 0.1) is 13.8 Å². The van der Waals surface area contributed by atoms with Gasteiger partial charge in [-0.25, -0.2) is 0 Å². The van der Waals surface area contributed by atoms with Gasteiger partial charge in [0.2, 0.25) is 5.91 Å². The van der Waals surface area contributed by atoms with Crippen LogP contribution in [0.2, 0.25) is 5.02 Å². The summed E-state index contributed by atoms with van der Waals surface area (Å²) in [5.41, 5.74) is 3.13. The summed E-state index contributed by atoms with van der Waals surface area (Å²) in [5.74, 6) is 0.00176. The highest BCUT2D eigenvalue weighted by molar-refractivity contribution is 8.00. The van der Waals surface area contributed by atoms with Gasteiger partial charge in [-0.1, -0.05) is 29.3 Å². The van der Waals surface area contributed by atoms with Gasteiger partial charge in [0, 0.05) is 15.6 Å². The number of amides is 1. The summed E-state index contributed by atoms with van der Waals surface area (Å²) in [4.78, 5) is 13.3. The third-order valence-electron chi connectivity index (χ3n) is 3.14. The SMILES string of the molecule is Cc1ccc(NC(=O)[C@@H](C)Sc2ccc(Cl)cc2)c(C)c1. The van der Waals surface area contributed by atoms with Crippen LogP contribution in [-0.2, 0) is 4.79 Å². The maximum Gasteiger partial charge on any atom is 0.237 e. The third kappa shape index (κ3) is 4.51. The Hall–Kier alpha value is -1.45. The number of rotatable bonds is 4. The number of nitrogens with one attached hydrogen (secondary N) is 1. The lowest BCUT2D eigenvalue weighted by Gasteiger charge is -2.14. The van der Waals surface area contributed by atoms with Gasteiger partial charge in [-0.15, -0.1) is 11.8 Å². The Labute approximate surface area is 134 Å². The van der Waals surface area contributed by atoms with Crippen molar-refractivity contribution in [2.24, 2.45) is 0 Å². The molecule has 4 heteroatoms. The van der Waals surface area contributed by atoms with Crippen LogP contribution < -0.4 is 5.32 Å². The van der Waals surface area contributed by atoms with E-state index in [9.17, 15) is 4.79 Å². The first kappa shape index (κ1) is 15.9. The molecule has 0 saturated heterocycles. The summed E-state index contributed by atoms with van der Waals surface area (Å²) in [6.07, 6.45) is 0. The predicted molar refractivity (Wildman–Crippen MR) is 91.3 cm³/mol. The van der Waals surface area contributed by atoms with Crippen molar-refractivity contribution in [3.63, 3.8) is 0 Å². The maximum absolute atomic E-state index is 12.3. The smallest absolute Gasteiger partial charge is 0.237 e. The lowest BCUT2D eigenvalue weighted by molar-refractivity contribution is -0.115. The van der Waals surface area contributed by atoms with Crippen LogP contribution in [0.25, 0.3) is 0 Å². The maximum atomic E-state index is 12.3. The van der Waals surface area contributed by atoms with Gasteiger partial charge in [-0.3, -0.25) is 4.79 Å². The highest BCUT2D eigenvalue weighted by atomic mass is 35.5. The minimum Gasteiger partial charge on any atom is -0.325 e. The summed E-state index contributed by atoms with van der Waals surface area (Å²) in [7, 11) is 0. The van der Waals surface area contributed by atoms with Crippen molar-refractivity contribution in [3.05, 3.63) is 58.6 Å². The third-order valence-corrected chi connectivity index (χ3v) is 4.50. The van der Waals surface area contributed by atoms with Gasteiger partial charge in [0.15, 0.2) is 0 Å². The second-order valence-electron chi connectivity index (χ2n) is 5.02. The van der Waals surface area contributed by atoms with Crippen LogP contribution >= 0.6 is 23.4 Å². The summed E-state index contributed by atoms with van der Waals surface area (Å²) >= 11 is 7.38. The molecule has 0 spiro atoms. The number of aryl methyl sites for hydroxylation is 2. The van der Waals surface area contributed by atoms with Crippen LogP contribution in [0.4, 0.5) is 5.69 Å². The highest BCUT2D eigenvalue weighted by Crippen LogP contribution is 2.26. The minimum absolute atomic E-state index is 0.00176. The van der Waals surface area contributed by atoms with E-state index in [0.717, 1.165) is 16.1 Å². The Morgan fingerprint density at radius 1 is 1.14 bits per heavy atom. The molecule has 0 aliphatic rings. The molecule has 0 aliphatic heterocycles. The fourth-order valence-corrected chi connectivity index (χ4v) is 2.95. The second-order valence-corrected chi connectivity index (χ2v) is 6.87. The van der Waals surface area contributed by atoms with Gasteiger partial charge >= 0.3 is 0 Å². The topological polar surface area (TPSA) is 29.1 Å². The molecular weight excluding hydrogens is 302 g/mol. The van der Waals surface area contributed by atoms with Crippen molar-refractivity contribution in [1.29, 1.82) is 0 Å². The van der Waals surface area contributed by atoms with Gasteiger partial charge in [0.1, 0.15) is 0 Å². The van der Waals surface area contributed by atoms with Gasteiger partial charge in [0.25, 0.3) is 0 Å². The number of halogens is 1. The molecule has 2 aromatic carbocycles. The molecular formula is C17H18ClNOS. The molecule has 0 aromatic heterocycles. The van der Waals surface area contributed by atoms with Crippen LogP contribution in [0.5, 0.6) is 0 Å². The van der Waals surface area contributed by atoms with Crippen LogP contribution in [0.3, 0.4) is 0 Å². The monoisotopic (exact) mass is 319 g/mol. The lowest BCUT2D eigenvalue weighted by atomic mass is 10.1. The van der Waals surface area contributed by atoms with E-state index in [2.05, 4.69) is 11.4 Å². The number of carbonyl (C=O) groups is 1. The number of thioether (sulfide) groups is 1. The average molecular weight is 320 g/mol. The zero-order chi connectivity index (χ0) is 15.4. The zero-order valence-electron chi connectivity index (χ0n) is 12.3. The molecule has 1 N–H and O–H groups in total. The van der Waals surface area contributed by atoms with E-state index in [1.165, 1.54) is 17.3 Å². The van der Waals surface area contributed by atoms with Gasteiger partial charge in [0.05, 0.1) is 5.25 Å². The van der Waals surface area contributed by atoms with Crippen molar-refractivity contribution in [2.45, 2.75) is 30.9 Å². The van der Waals surface area contributed by atoms with Crippen molar-refractivity contribution >= 4 is 35.0 Å². The molecule has 1 amide bonds. The van der Waals surface area contributed by atoms with E-state index in [1.54, 1.807) is 0 Å². The van der Waals surface area contributed by atoms with Crippen molar-refractivity contribution < 1.29 is 4.79 Å². The molecule has 2 rings (SSSR count). The van der Waals surface area contributed by atoms with Gasteiger partial charge in [-0.2, -0.15) is 0 Å². The van der Waals surface area contributed by atoms with E-state index >= 15 is 0 Å². The number of anilines is 1. The number of hydrogen-bond acceptors (Lipinski definition) is 2. The van der Waals surface area contributed by atoms with Crippen LogP contribution in [0.1, 0.15) is 18.1 Å². The quantitative estimate of drug-likeness (QED) is 0.796. The molecule has 0 radical (unpaired) electrons. The van der Waals surface area contributed by atoms with Crippen molar-refractivity contribution in [2.75, 3.05) is 5.32 Å². The van der Waals surface area contributed by atoms with Gasteiger partial charge < -0.3 is 5.32 Å². The molecule has 2 nitrogen and oxygen atoms in total. The Balaban J connectivity index is 2.00. The molecule has 0 unspecified atom stereocenters. The van der Waals surface area contributed by atoms with Crippen LogP contribution in [0.15, 0.2) is 47.4 Å². The standard InChI is InChI=1S/C17H18ClNOS/c1-11-4-9-16(12(2)10-11)19-17(20)13(3)21-15-7-5-14(18)6-8-15/h4-10,13H,1-3H3,(H,19,20)/t13-/m1/s1. The number of benzene rings is 2. The highest BCUT2D eigenvalue weighted by Gasteiger charge is 2.15. The predicted octanol–water partition coefficient (Wildman–Crippen LogP) is 5.08. The van der Waals surface area contributed by atoms with Gasteiger partial charge in [-0.05, 0) is 56.7 Å². The van der Waals surface area contributed by atoms with Crippen LogP contribution in [-0.4, -0.2) is 11.2 Å².